The number of rotatable bonds is 5. The molecule has 0 aliphatic rings. The Hall–Kier alpha value is -2.07. The van der Waals surface area contributed by atoms with E-state index in [2.05, 4.69) is 0 Å². The molecule has 0 heterocycles. The molecule has 0 radical (unpaired) electrons. The highest BCUT2D eigenvalue weighted by Crippen LogP contribution is 2.24. The number of halogens is 1. The van der Waals surface area contributed by atoms with E-state index in [0.717, 1.165) is 11.3 Å². The summed E-state index contributed by atoms with van der Waals surface area (Å²) in [6, 6.07) is 11.9. The van der Waals surface area contributed by atoms with Crippen molar-refractivity contribution in [3.8, 4) is 11.5 Å². The van der Waals surface area contributed by atoms with Crippen LogP contribution in [0.3, 0.4) is 0 Å². The van der Waals surface area contributed by atoms with Crippen molar-refractivity contribution in [1.82, 2.24) is 0 Å². The Morgan fingerprint density at radius 3 is 2.60 bits per heavy atom. The Labute approximate surface area is 117 Å². The molecule has 0 unspecified atom stereocenters. The van der Waals surface area contributed by atoms with Crippen LogP contribution in [0.1, 0.15) is 24.2 Å². The average Bonchev–Trinajstić information content (AvgIpc) is 2.45. The van der Waals surface area contributed by atoms with Crippen LogP contribution in [-0.2, 0) is 6.61 Å². The zero-order chi connectivity index (χ0) is 14.5. The van der Waals surface area contributed by atoms with Crippen LogP contribution in [0.15, 0.2) is 42.5 Å². The number of aliphatic hydroxyl groups excluding tert-OH is 1. The molecular formula is C16H17FO3. The van der Waals surface area contributed by atoms with Crippen molar-refractivity contribution in [3.05, 3.63) is 59.4 Å². The first kappa shape index (κ1) is 14.3. The third-order valence-electron chi connectivity index (χ3n) is 3.01. The van der Waals surface area contributed by atoms with Gasteiger partial charge >= 0.3 is 0 Å². The van der Waals surface area contributed by atoms with E-state index in [1.165, 1.54) is 19.1 Å². The van der Waals surface area contributed by atoms with Gasteiger partial charge in [0.25, 0.3) is 0 Å². The zero-order valence-corrected chi connectivity index (χ0v) is 11.5. The van der Waals surface area contributed by atoms with E-state index in [-0.39, 0.29) is 12.2 Å². The second-order valence-corrected chi connectivity index (χ2v) is 4.46. The first-order valence-corrected chi connectivity index (χ1v) is 6.34. The molecule has 20 heavy (non-hydrogen) atoms. The van der Waals surface area contributed by atoms with Gasteiger partial charge in [-0.15, -0.1) is 0 Å². The summed E-state index contributed by atoms with van der Waals surface area (Å²) < 4.78 is 24.5. The Balaban J connectivity index is 2.09. The van der Waals surface area contributed by atoms with E-state index in [1.54, 1.807) is 13.2 Å². The third-order valence-corrected chi connectivity index (χ3v) is 3.01. The molecular weight excluding hydrogens is 259 g/mol. The van der Waals surface area contributed by atoms with E-state index in [9.17, 15) is 9.50 Å². The minimum absolute atomic E-state index is 0.259. The van der Waals surface area contributed by atoms with Crippen LogP contribution in [0.5, 0.6) is 11.5 Å². The molecule has 0 saturated heterocycles. The molecule has 2 rings (SSSR count). The van der Waals surface area contributed by atoms with E-state index < -0.39 is 11.9 Å². The second-order valence-electron chi connectivity index (χ2n) is 4.46. The molecule has 2 aromatic rings. The number of para-hydroxylation sites is 1. The smallest absolute Gasteiger partial charge is 0.132 e. The molecule has 0 aliphatic carbocycles. The van der Waals surface area contributed by atoms with Gasteiger partial charge in [0.05, 0.1) is 13.2 Å². The molecule has 0 spiro atoms. The molecule has 1 N–H and O–H groups in total. The Bertz CT molecular complexity index is 582. The standard InChI is InChI=1S/C16H17FO3/c1-11(18)14-8-7-13(9-15(14)17)20-10-12-5-3-4-6-16(12)19-2/h3-9,11,18H,10H2,1-2H3/t11-/m0/s1. The molecule has 106 valence electrons. The van der Waals surface area contributed by atoms with Gasteiger partial charge in [-0.1, -0.05) is 18.2 Å². The van der Waals surface area contributed by atoms with Gasteiger partial charge in [-0.3, -0.25) is 0 Å². The molecule has 3 nitrogen and oxygen atoms in total. The van der Waals surface area contributed by atoms with Crippen molar-refractivity contribution in [1.29, 1.82) is 0 Å². The Kier molecular flexibility index (Phi) is 4.58. The predicted molar refractivity (Wildman–Crippen MR) is 74.4 cm³/mol. The molecule has 0 aliphatic heterocycles. The van der Waals surface area contributed by atoms with Crippen LogP contribution in [0.25, 0.3) is 0 Å². The third kappa shape index (κ3) is 3.27. The number of aliphatic hydroxyl groups is 1. The first-order valence-electron chi connectivity index (χ1n) is 6.34. The summed E-state index contributed by atoms with van der Waals surface area (Å²) >= 11 is 0. The molecule has 4 heteroatoms. The van der Waals surface area contributed by atoms with Gasteiger partial charge in [0.2, 0.25) is 0 Å². The van der Waals surface area contributed by atoms with Gasteiger partial charge in [0.1, 0.15) is 23.9 Å². The minimum Gasteiger partial charge on any atom is -0.496 e. The molecule has 0 amide bonds. The minimum atomic E-state index is -0.835. The fourth-order valence-electron chi connectivity index (χ4n) is 1.92. The monoisotopic (exact) mass is 276 g/mol. The summed E-state index contributed by atoms with van der Waals surface area (Å²) in [7, 11) is 1.59. The summed E-state index contributed by atoms with van der Waals surface area (Å²) in [6.07, 6.45) is -0.835. The van der Waals surface area contributed by atoms with Gasteiger partial charge < -0.3 is 14.6 Å². The fraction of sp³-hybridized carbons (Fsp3) is 0.250. The molecule has 2 aromatic carbocycles. The summed E-state index contributed by atoms with van der Waals surface area (Å²) in [6.45, 7) is 1.81. The van der Waals surface area contributed by atoms with E-state index in [4.69, 9.17) is 9.47 Å². The molecule has 0 saturated carbocycles. The highest BCUT2D eigenvalue weighted by Gasteiger charge is 2.09. The first-order chi connectivity index (χ1) is 9.61. The maximum absolute atomic E-state index is 13.7. The average molecular weight is 276 g/mol. The zero-order valence-electron chi connectivity index (χ0n) is 11.5. The Morgan fingerprint density at radius 2 is 1.95 bits per heavy atom. The van der Waals surface area contributed by atoms with Gasteiger partial charge in [-0.2, -0.15) is 0 Å². The van der Waals surface area contributed by atoms with Gasteiger partial charge in [0, 0.05) is 17.2 Å². The lowest BCUT2D eigenvalue weighted by molar-refractivity contribution is 0.194. The molecule has 1 atom stereocenters. The van der Waals surface area contributed by atoms with Crippen LogP contribution in [0, 0.1) is 5.82 Å². The number of methoxy groups -OCH3 is 1. The highest BCUT2D eigenvalue weighted by molar-refractivity contribution is 5.34. The lowest BCUT2D eigenvalue weighted by atomic mass is 10.1. The van der Waals surface area contributed by atoms with Crippen molar-refractivity contribution in [2.45, 2.75) is 19.6 Å². The van der Waals surface area contributed by atoms with Crippen LogP contribution in [0.4, 0.5) is 4.39 Å². The SMILES string of the molecule is COc1ccccc1COc1ccc([C@H](C)O)c(F)c1. The van der Waals surface area contributed by atoms with E-state index in [1.807, 2.05) is 24.3 Å². The summed E-state index contributed by atoms with van der Waals surface area (Å²) in [5.41, 5.74) is 1.14. The topological polar surface area (TPSA) is 38.7 Å². The quantitative estimate of drug-likeness (QED) is 0.908. The summed E-state index contributed by atoms with van der Waals surface area (Å²) in [5.74, 6) is 0.670. The lowest BCUT2D eigenvalue weighted by Crippen LogP contribution is -2.00. The number of benzene rings is 2. The Morgan fingerprint density at radius 1 is 1.20 bits per heavy atom. The molecule has 0 bridgehead atoms. The van der Waals surface area contributed by atoms with Gasteiger partial charge in [-0.05, 0) is 25.1 Å². The van der Waals surface area contributed by atoms with Crippen molar-refractivity contribution in [2.75, 3.05) is 7.11 Å². The van der Waals surface area contributed by atoms with Crippen molar-refractivity contribution in [3.63, 3.8) is 0 Å². The predicted octanol–water partition coefficient (Wildman–Crippen LogP) is 3.47. The fourth-order valence-corrected chi connectivity index (χ4v) is 1.92. The van der Waals surface area contributed by atoms with Crippen molar-refractivity contribution in [2.24, 2.45) is 0 Å². The van der Waals surface area contributed by atoms with Crippen LogP contribution in [0.2, 0.25) is 0 Å². The van der Waals surface area contributed by atoms with Gasteiger partial charge in [0.15, 0.2) is 0 Å². The molecule has 0 aromatic heterocycles. The normalized spacial score (nSPS) is 12.0. The van der Waals surface area contributed by atoms with E-state index in [0.29, 0.717) is 5.75 Å². The maximum atomic E-state index is 13.7. The second kappa shape index (κ2) is 6.39. The summed E-state index contributed by atoms with van der Waals surface area (Å²) in [4.78, 5) is 0. The maximum Gasteiger partial charge on any atom is 0.132 e. The van der Waals surface area contributed by atoms with Gasteiger partial charge in [-0.25, -0.2) is 4.39 Å². The van der Waals surface area contributed by atoms with Crippen LogP contribution < -0.4 is 9.47 Å². The summed E-state index contributed by atoms with van der Waals surface area (Å²) in [5, 5.41) is 9.37. The van der Waals surface area contributed by atoms with Crippen molar-refractivity contribution < 1.29 is 19.0 Å². The number of hydrogen-bond acceptors (Lipinski definition) is 3. The largest absolute Gasteiger partial charge is 0.496 e. The number of ether oxygens (including phenoxy) is 2. The number of hydrogen-bond donors (Lipinski definition) is 1. The molecule has 0 fully saturated rings. The lowest BCUT2D eigenvalue weighted by Gasteiger charge is -2.12. The highest BCUT2D eigenvalue weighted by atomic mass is 19.1. The van der Waals surface area contributed by atoms with Crippen LogP contribution >= 0.6 is 0 Å². The van der Waals surface area contributed by atoms with Crippen LogP contribution in [-0.4, -0.2) is 12.2 Å². The van der Waals surface area contributed by atoms with E-state index >= 15 is 0 Å². The van der Waals surface area contributed by atoms with Crippen molar-refractivity contribution >= 4 is 0 Å².